The van der Waals surface area contributed by atoms with Crippen LogP contribution in [0.3, 0.4) is 0 Å². The number of benzene rings is 1. The molecule has 0 aromatic heterocycles. The van der Waals surface area contributed by atoms with Crippen LogP contribution in [-0.2, 0) is 16.6 Å². The third kappa shape index (κ3) is 4.06. The van der Waals surface area contributed by atoms with E-state index in [1.807, 2.05) is 0 Å². The largest absolute Gasteiger partial charge is 0.391 e. The van der Waals surface area contributed by atoms with Crippen molar-refractivity contribution in [1.29, 1.82) is 0 Å². The molecular weight excluding hydrogens is 326 g/mol. The lowest BCUT2D eigenvalue weighted by molar-refractivity contribution is 0.148. The molecule has 5 nitrogen and oxygen atoms in total. The molecule has 1 aromatic rings. The van der Waals surface area contributed by atoms with E-state index >= 15 is 0 Å². The molecule has 0 radical (unpaired) electrons. The molecule has 1 aliphatic rings. The van der Waals surface area contributed by atoms with Gasteiger partial charge in [0.2, 0.25) is 10.0 Å². The fraction of sp³-hybridized carbons (Fsp3) is 0.600. The Labute approximate surface area is 135 Å². The van der Waals surface area contributed by atoms with Gasteiger partial charge < -0.3 is 5.11 Å². The van der Waals surface area contributed by atoms with Gasteiger partial charge in [-0.05, 0) is 12.5 Å². The standard InChI is InChI=1S/C15H22F2N2O3S/c1-10-4-5-11(15(17)14(10)16)6-19-7-12(13(20)8-19)9-23(21,22)18(2)3/h4-5,12-13,20H,6-9H2,1-3H3/t12-,13+/m0/s1. The Balaban J connectivity index is 2.06. The summed E-state index contributed by atoms with van der Waals surface area (Å²) in [5.74, 6) is -2.36. The summed E-state index contributed by atoms with van der Waals surface area (Å²) in [7, 11) is -0.532. The van der Waals surface area contributed by atoms with Gasteiger partial charge in [0.15, 0.2) is 11.6 Å². The Bertz CT molecular complexity index is 680. The van der Waals surface area contributed by atoms with Crippen LogP contribution in [0.25, 0.3) is 0 Å². The van der Waals surface area contributed by atoms with Gasteiger partial charge in [-0.2, -0.15) is 0 Å². The van der Waals surface area contributed by atoms with Crippen molar-refractivity contribution in [1.82, 2.24) is 9.21 Å². The minimum absolute atomic E-state index is 0.138. The summed E-state index contributed by atoms with van der Waals surface area (Å²) in [6.07, 6.45) is -0.803. The van der Waals surface area contributed by atoms with Crippen LogP contribution in [0.2, 0.25) is 0 Å². The average Bonchev–Trinajstić information content (AvgIpc) is 2.79. The highest BCUT2D eigenvalue weighted by molar-refractivity contribution is 7.89. The second kappa shape index (κ2) is 6.80. The zero-order valence-electron chi connectivity index (χ0n) is 13.5. The molecule has 0 aliphatic carbocycles. The molecule has 23 heavy (non-hydrogen) atoms. The topological polar surface area (TPSA) is 60.9 Å². The number of nitrogens with zero attached hydrogens (tertiary/aromatic N) is 2. The van der Waals surface area contributed by atoms with Crippen molar-refractivity contribution in [3.05, 3.63) is 34.9 Å². The van der Waals surface area contributed by atoms with Gasteiger partial charge in [0.1, 0.15) is 0 Å². The van der Waals surface area contributed by atoms with Crippen LogP contribution >= 0.6 is 0 Å². The Kier molecular flexibility index (Phi) is 5.40. The SMILES string of the molecule is Cc1ccc(CN2C[C@@H](CS(=O)(=O)N(C)C)[C@H](O)C2)c(F)c1F. The lowest BCUT2D eigenvalue weighted by Crippen LogP contribution is -2.33. The molecule has 0 bridgehead atoms. The summed E-state index contributed by atoms with van der Waals surface area (Å²) in [6, 6.07) is 3.03. The minimum atomic E-state index is -3.42. The molecule has 1 saturated heterocycles. The van der Waals surface area contributed by atoms with E-state index in [0.717, 1.165) is 4.31 Å². The summed E-state index contributed by atoms with van der Waals surface area (Å²) in [5, 5.41) is 10.1. The molecule has 0 saturated carbocycles. The zero-order valence-corrected chi connectivity index (χ0v) is 14.3. The molecule has 1 aromatic carbocycles. The third-order valence-electron chi connectivity index (χ3n) is 4.21. The molecule has 2 rings (SSSR count). The molecule has 0 amide bonds. The number of hydrogen-bond acceptors (Lipinski definition) is 4. The third-order valence-corrected chi connectivity index (χ3v) is 6.17. The molecule has 1 N–H and O–H groups in total. The van der Waals surface area contributed by atoms with Crippen molar-refractivity contribution < 1.29 is 22.3 Å². The van der Waals surface area contributed by atoms with Crippen molar-refractivity contribution in [2.45, 2.75) is 19.6 Å². The number of aryl methyl sites for hydroxylation is 1. The first-order chi connectivity index (χ1) is 10.6. The molecule has 0 unspecified atom stereocenters. The normalized spacial score (nSPS) is 22.9. The maximum atomic E-state index is 13.9. The Morgan fingerprint density at radius 1 is 1.26 bits per heavy atom. The number of halogens is 2. The maximum Gasteiger partial charge on any atom is 0.214 e. The van der Waals surface area contributed by atoms with Crippen LogP contribution in [0.1, 0.15) is 11.1 Å². The van der Waals surface area contributed by atoms with Gasteiger partial charge in [-0.3, -0.25) is 4.90 Å². The van der Waals surface area contributed by atoms with E-state index in [9.17, 15) is 22.3 Å². The zero-order chi connectivity index (χ0) is 17.4. The highest BCUT2D eigenvalue weighted by Gasteiger charge is 2.35. The molecule has 8 heteroatoms. The van der Waals surface area contributed by atoms with Gasteiger partial charge in [0.05, 0.1) is 11.9 Å². The van der Waals surface area contributed by atoms with E-state index in [4.69, 9.17) is 0 Å². The summed E-state index contributed by atoms with van der Waals surface area (Å²) in [6.45, 7) is 2.19. The molecule has 1 heterocycles. The van der Waals surface area contributed by atoms with Gasteiger partial charge in [0, 0.05) is 45.2 Å². The number of aliphatic hydroxyl groups excluding tert-OH is 1. The number of hydrogen-bond donors (Lipinski definition) is 1. The van der Waals surface area contributed by atoms with Crippen LogP contribution in [-0.4, -0.2) is 61.8 Å². The van der Waals surface area contributed by atoms with E-state index in [0.29, 0.717) is 6.54 Å². The Morgan fingerprint density at radius 2 is 1.91 bits per heavy atom. The van der Waals surface area contributed by atoms with Gasteiger partial charge in [-0.1, -0.05) is 12.1 Å². The summed E-state index contributed by atoms with van der Waals surface area (Å²) in [4.78, 5) is 1.74. The smallest absolute Gasteiger partial charge is 0.214 e. The van der Waals surface area contributed by atoms with E-state index in [-0.39, 0.29) is 30.0 Å². The van der Waals surface area contributed by atoms with E-state index < -0.39 is 33.7 Å². The minimum Gasteiger partial charge on any atom is -0.391 e. The van der Waals surface area contributed by atoms with Crippen LogP contribution in [0, 0.1) is 24.5 Å². The molecule has 0 spiro atoms. The Morgan fingerprint density at radius 3 is 2.52 bits per heavy atom. The summed E-state index contributed by atoms with van der Waals surface area (Å²) < 4.78 is 52.5. The number of sulfonamides is 1. The van der Waals surface area contributed by atoms with Crippen LogP contribution < -0.4 is 0 Å². The van der Waals surface area contributed by atoms with Crippen molar-refractivity contribution in [2.75, 3.05) is 32.9 Å². The molecule has 1 fully saturated rings. The lowest BCUT2D eigenvalue weighted by Gasteiger charge is -2.18. The Hall–Kier alpha value is -1.09. The van der Waals surface area contributed by atoms with Crippen molar-refractivity contribution >= 4 is 10.0 Å². The molecule has 1 aliphatic heterocycles. The van der Waals surface area contributed by atoms with Gasteiger partial charge in [0.25, 0.3) is 0 Å². The van der Waals surface area contributed by atoms with E-state index in [1.165, 1.54) is 33.2 Å². The van der Waals surface area contributed by atoms with E-state index in [2.05, 4.69) is 0 Å². The number of aliphatic hydroxyl groups is 1. The predicted molar refractivity (Wildman–Crippen MR) is 83.3 cm³/mol. The quantitative estimate of drug-likeness (QED) is 0.861. The number of β-amino-alcohol motifs (C(OH)–C–C–N with tert-alkyl or cyclic N) is 1. The summed E-state index contributed by atoms with van der Waals surface area (Å²) >= 11 is 0. The van der Waals surface area contributed by atoms with E-state index in [1.54, 1.807) is 4.90 Å². The first-order valence-corrected chi connectivity index (χ1v) is 8.97. The second-order valence-corrected chi connectivity index (χ2v) is 8.48. The van der Waals surface area contributed by atoms with Crippen LogP contribution in [0.4, 0.5) is 8.78 Å². The molecule has 2 atom stereocenters. The number of likely N-dealkylation sites (tertiary alicyclic amines) is 1. The molecule has 130 valence electrons. The van der Waals surface area contributed by atoms with Gasteiger partial charge in [-0.25, -0.2) is 21.5 Å². The fourth-order valence-corrected chi connectivity index (χ4v) is 3.87. The van der Waals surface area contributed by atoms with Crippen LogP contribution in [0.15, 0.2) is 12.1 Å². The number of rotatable bonds is 5. The van der Waals surface area contributed by atoms with Crippen molar-refractivity contribution in [2.24, 2.45) is 5.92 Å². The first kappa shape index (κ1) is 18.3. The van der Waals surface area contributed by atoms with Crippen molar-refractivity contribution in [3.63, 3.8) is 0 Å². The van der Waals surface area contributed by atoms with Gasteiger partial charge in [-0.15, -0.1) is 0 Å². The maximum absolute atomic E-state index is 13.9. The summed E-state index contributed by atoms with van der Waals surface area (Å²) in [5.41, 5.74) is 0.444. The monoisotopic (exact) mass is 348 g/mol. The first-order valence-electron chi connectivity index (χ1n) is 7.36. The fourth-order valence-electron chi connectivity index (χ4n) is 2.70. The molecular formula is C15H22F2N2O3S. The van der Waals surface area contributed by atoms with Crippen LogP contribution in [0.5, 0.6) is 0 Å². The van der Waals surface area contributed by atoms with Gasteiger partial charge >= 0.3 is 0 Å². The average molecular weight is 348 g/mol. The van der Waals surface area contributed by atoms with Crippen molar-refractivity contribution in [3.8, 4) is 0 Å². The highest BCUT2D eigenvalue weighted by Crippen LogP contribution is 2.24. The second-order valence-electron chi connectivity index (χ2n) is 6.25. The predicted octanol–water partition coefficient (Wildman–Crippen LogP) is 0.957. The lowest BCUT2D eigenvalue weighted by atomic mass is 10.1. The highest BCUT2D eigenvalue weighted by atomic mass is 32.2.